The molecule has 8 heteroatoms. The standard InChI is InChI=1S/C28H38N4O4/c1-9-31(7)22-12-17(11-21(25(22)35-8)28(3,4)5)23(33)16-32-15-18-13-24(36-10-2)20(27(34)30-6)14-19(18)26(32)29/h11-15H,9-10,16,29H2,1-8H3,(H,30,34). The Labute approximate surface area is 213 Å². The lowest BCUT2D eigenvalue weighted by Gasteiger charge is -2.28. The largest absolute Gasteiger partial charge is 0.494 e. The molecule has 0 aliphatic carbocycles. The number of hydrogen-bond donors (Lipinski definition) is 2. The number of carbonyl (C=O) groups is 2. The van der Waals surface area contributed by atoms with Crippen molar-refractivity contribution < 1.29 is 19.1 Å². The van der Waals surface area contributed by atoms with Crippen LogP contribution in [0.1, 0.15) is 60.9 Å². The minimum atomic E-state index is -0.260. The van der Waals surface area contributed by atoms with Gasteiger partial charge >= 0.3 is 0 Å². The van der Waals surface area contributed by atoms with Gasteiger partial charge in [-0.2, -0.15) is 0 Å². The third-order valence-electron chi connectivity index (χ3n) is 6.41. The van der Waals surface area contributed by atoms with Gasteiger partial charge in [0.2, 0.25) is 0 Å². The van der Waals surface area contributed by atoms with E-state index in [4.69, 9.17) is 15.2 Å². The number of carbonyl (C=O) groups excluding carboxylic acids is 2. The molecule has 2 aromatic carbocycles. The Hall–Kier alpha value is -3.68. The van der Waals surface area contributed by atoms with E-state index in [1.54, 1.807) is 30.9 Å². The fourth-order valence-electron chi connectivity index (χ4n) is 4.28. The summed E-state index contributed by atoms with van der Waals surface area (Å²) < 4.78 is 13.2. The molecule has 0 spiro atoms. The van der Waals surface area contributed by atoms with Crippen LogP contribution < -0.4 is 25.4 Å². The van der Waals surface area contributed by atoms with Crippen LogP contribution in [0.15, 0.2) is 30.5 Å². The maximum atomic E-state index is 13.6. The summed E-state index contributed by atoms with van der Waals surface area (Å²) in [4.78, 5) is 28.0. The summed E-state index contributed by atoms with van der Waals surface area (Å²) in [5, 5.41) is 4.13. The number of hydrogen-bond acceptors (Lipinski definition) is 6. The van der Waals surface area contributed by atoms with Crippen LogP contribution in [0, 0.1) is 0 Å². The normalized spacial score (nSPS) is 11.4. The van der Waals surface area contributed by atoms with E-state index >= 15 is 0 Å². The zero-order valence-electron chi connectivity index (χ0n) is 22.6. The molecule has 36 heavy (non-hydrogen) atoms. The minimum Gasteiger partial charge on any atom is -0.494 e. The van der Waals surface area contributed by atoms with Crippen molar-refractivity contribution in [1.82, 2.24) is 9.88 Å². The number of ketones is 1. The molecule has 3 aromatic rings. The number of aromatic nitrogens is 1. The van der Waals surface area contributed by atoms with Crippen LogP contribution in [-0.4, -0.2) is 50.6 Å². The van der Waals surface area contributed by atoms with Gasteiger partial charge in [-0.3, -0.25) is 9.59 Å². The van der Waals surface area contributed by atoms with Crippen molar-refractivity contribution in [3.63, 3.8) is 0 Å². The van der Waals surface area contributed by atoms with Crippen LogP contribution in [-0.2, 0) is 12.0 Å². The van der Waals surface area contributed by atoms with Crippen molar-refractivity contribution in [1.29, 1.82) is 0 Å². The zero-order chi connectivity index (χ0) is 26.8. The number of nitrogens with one attached hydrogen (secondary N) is 1. The molecule has 194 valence electrons. The fourth-order valence-corrected chi connectivity index (χ4v) is 4.28. The number of nitrogens with two attached hydrogens (primary N) is 1. The lowest BCUT2D eigenvalue weighted by molar-refractivity contribution is 0.0955. The van der Waals surface area contributed by atoms with Crippen LogP contribution in [0.25, 0.3) is 10.8 Å². The molecule has 0 unspecified atom stereocenters. The van der Waals surface area contributed by atoms with Crippen molar-refractivity contribution in [3.8, 4) is 11.5 Å². The molecule has 0 atom stereocenters. The molecule has 1 amide bonds. The first-order valence-corrected chi connectivity index (χ1v) is 12.2. The second-order valence-electron chi connectivity index (χ2n) is 9.85. The second-order valence-corrected chi connectivity index (χ2v) is 9.85. The molecule has 1 heterocycles. The number of fused-ring (bicyclic) bond motifs is 1. The maximum absolute atomic E-state index is 13.6. The molecule has 0 saturated heterocycles. The van der Waals surface area contributed by atoms with E-state index in [0.717, 1.165) is 28.9 Å². The zero-order valence-corrected chi connectivity index (χ0v) is 22.6. The molecule has 8 nitrogen and oxygen atoms in total. The van der Waals surface area contributed by atoms with E-state index in [1.165, 1.54) is 0 Å². The molecule has 1 aromatic heterocycles. The van der Waals surface area contributed by atoms with E-state index in [0.29, 0.717) is 34.7 Å². The number of ether oxygens (including phenoxy) is 2. The molecule has 0 aliphatic rings. The predicted octanol–water partition coefficient (Wildman–Crippen LogP) is 4.63. The summed E-state index contributed by atoms with van der Waals surface area (Å²) in [5.74, 6) is 1.34. The summed E-state index contributed by atoms with van der Waals surface area (Å²) in [5.41, 5.74) is 9.06. The Morgan fingerprint density at radius 1 is 1.14 bits per heavy atom. The number of anilines is 2. The van der Waals surface area contributed by atoms with Crippen LogP contribution in [0.5, 0.6) is 11.5 Å². The van der Waals surface area contributed by atoms with Crippen LogP contribution in [0.2, 0.25) is 0 Å². The Kier molecular flexibility index (Phi) is 7.86. The van der Waals surface area contributed by atoms with E-state index in [1.807, 2.05) is 32.3 Å². The van der Waals surface area contributed by atoms with Gasteiger partial charge in [-0.25, -0.2) is 0 Å². The number of benzene rings is 2. The third kappa shape index (κ3) is 5.12. The molecular formula is C28H38N4O4. The smallest absolute Gasteiger partial charge is 0.254 e. The molecule has 0 bridgehead atoms. The molecule has 0 radical (unpaired) electrons. The van der Waals surface area contributed by atoms with Crippen LogP contribution in [0.3, 0.4) is 0 Å². The van der Waals surface area contributed by atoms with Gasteiger partial charge in [0.25, 0.3) is 5.91 Å². The second kappa shape index (κ2) is 10.5. The Morgan fingerprint density at radius 2 is 1.83 bits per heavy atom. The van der Waals surface area contributed by atoms with E-state index in [-0.39, 0.29) is 23.7 Å². The first kappa shape index (κ1) is 26.9. The van der Waals surface area contributed by atoms with Gasteiger partial charge in [0, 0.05) is 48.7 Å². The van der Waals surface area contributed by atoms with Gasteiger partial charge in [0.1, 0.15) is 17.3 Å². The molecule has 3 N–H and O–H groups in total. The Morgan fingerprint density at radius 3 is 2.39 bits per heavy atom. The fraction of sp³-hybridized carbons (Fsp3) is 0.429. The molecular weight excluding hydrogens is 456 g/mol. The van der Waals surface area contributed by atoms with Crippen molar-refractivity contribution in [2.24, 2.45) is 0 Å². The highest BCUT2D eigenvalue weighted by molar-refractivity contribution is 6.05. The van der Waals surface area contributed by atoms with Gasteiger partial charge in [-0.15, -0.1) is 0 Å². The summed E-state index contributed by atoms with van der Waals surface area (Å²) in [7, 11) is 5.21. The minimum absolute atomic E-state index is 0.0605. The van der Waals surface area contributed by atoms with Crippen LogP contribution >= 0.6 is 0 Å². The van der Waals surface area contributed by atoms with E-state index in [2.05, 4.69) is 37.9 Å². The molecule has 0 saturated carbocycles. The maximum Gasteiger partial charge on any atom is 0.254 e. The van der Waals surface area contributed by atoms with Crippen molar-refractivity contribution >= 4 is 34.0 Å². The van der Waals surface area contributed by atoms with Crippen molar-refractivity contribution in [2.75, 3.05) is 45.0 Å². The lowest BCUT2D eigenvalue weighted by atomic mass is 9.84. The average Bonchev–Trinajstić information content (AvgIpc) is 3.15. The third-order valence-corrected chi connectivity index (χ3v) is 6.41. The van der Waals surface area contributed by atoms with E-state index in [9.17, 15) is 9.59 Å². The highest BCUT2D eigenvalue weighted by Crippen LogP contribution is 2.40. The van der Waals surface area contributed by atoms with Gasteiger partial charge in [0.05, 0.1) is 31.5 Å². The first-order chi connectivity index (χ1) is 17.0. The average molecular weight is 495 g/mol. The SMILES string of the molecule is CCOc1cc2cn(CC(=O)c3cc(N(C)CC)c(OC)c(C(C)(C)C)c3)c(N)c2cc1C(=O)NC. The highest BCUT2D eigenvalue weighted by atomic mass is 16.5. The number of methoxy groups -OCH3 is 1. The monoisotopic (exact) mass is 494 g/mol. The number of nitrogens with zero attached hydrogens (tertiary/aromatic N) is 2. The molecule has 3 rings (SSSR count). The quantitative estimate of drug-likeness (QED) is 0.421. The Bertz CT molecular complexity index is 1290. The van der Waals surface area contributed by atoms with Gasteiger partial charge < -0.3 is 30.0 Å². The van der Waals surface area contributed by atoms with Gasteiger partial charge in [-0.05, 0) is 43.5 Å². The van der Waals surface area contributed by atoms with Crippen molar-refractivity contribution in [3.05, 3.63) is 47.2 Å². The summed E-state index contributed by atoms with van der Waals surface area (Å²) in [6.45, 7) is 11.5. The van der Waals surface area contributed by atoms with Crippen LogP contribution in [0.4, 0.5) is 11.5 Å². The number of Topliss-reactive ketones (excluding diaryl/α,β-unsaturated/α-hetero) is 1. The number of amides is 1. The summed E-state index contributed by atoms with van der Waals surface area (Å²) in [6.07, 6.45) is 1.83. The first-order valence-electron chi connectivity index (χ1n) is 12.2. The topological polar surface area (TPSA) is 98.8 Å². The van der Waals surface area contributed by atoms with Gasteiger partial charge in [-0.1, -0.05) is 20.8 Å². The van der Waals surface area contributed by atoms with E-state index < -0.39 is 0 Å². The molecule has 0 aliphatic heterocycles. The Balaban J connectivity index is 2.08. The summed E-state index contributed by atoms with van der Waals surface area (Å²) >= 11 is 0. The lowest BCUT2D eigenvalue weighted by Crippen LogP contribution is -2.22. The number of nitrogen functional groups attached to an aromatic ring is 1. The number of rotatable bonds is 9. The van der Waals surface area contributed by atoms with Crippen molar-refractivity contribution in [2.45, 2.75) is 46.6 Å². The highest BCUT2D eigenvalue weighted by Gasteiger charge is 2.26. The van der Waals surface area contributed by atoms with Gasteiger partial charge in [0.15, 0.2) is 5.78 Å². The summed E-state index contributed by atoms with van der Waals surface area (Å²) in [6, 6.07) is 7.32. The molecule has 0 fully saturated rings. The predicted molar refractivity (Wildman–Crippen MR) is 146 cm³/mol.